The van der Waals surface area contributed by atoms with Crippen molar-refractivity contribution in [2.24, 2.45) is 11.7 Å². The number of hydrogen-bond donors (Lipinski definition) is 2. The molecule has 0 aromatic heterocycles. The summed E-state index contributed by atoms with van der Waals surface area (Å²) < 4.78 is 5.42. The zero-order chi connectivity index (χ0) is 15.6. The molecule has 0 bridgehead atoms. The molecule has 1 aliphatic heterocycles. The molecule has 0 radical (unpaired) electrons. The van der Waals surface area contributed by atoms with Crippen molar-refractivity contribution in [2.45, 2.75) is 32.3 Å². The summed E-state index contributed by atoms with van der Waals surface area (Å²) in [7, 11) is 0. The van der Waals surface area contributed by atoms with Crippen LogP contribution in [0.1, 0.15) is 32.3 Å². The number of benzene rings is 1. The number of phenolic OH excluding ortho intramolecular Hbond substituents is 1. The molecular formula is C16H24N2O3. The van der Waals surface area contributed by atoms with Gasteiger partial charge in [-0.1, -0.05) is 12.1 Å². The Kier molecular flexibility index (Phi) is 4.42. The number of likely N-dealkylation sites (tertiary alicyclic amines) is 1. The van der Waals surface area contributed by atoms with Crippen molar-refractivity contribution in [1.29, 1.82) is 0 Å². The first-order chi connectivity index (χ1) is 9.80. The first-order valence-electron chi connectivity index (χ1n) is 7.27. The highest BCUT2D eigenvalue weighted by Gasteiger charge is 2.37. The van der Waals surface area contributed by atoms with E-state index in [2.05, 4.69) is 0 Å². The minimum Gasteiger partial charge on any atom is -0.508 e. The van der Waals surface area contributed by atoms with Gasteiger partial charge >= 0.3 is 6.09 Å². The van der Waals surface area contributed by atoms with Crippen molar-refractivity contribution in [1.82, 2.24) is 4.90 Å². The highest BCUT2D eigenvalue weighted by Crippen LogP contribution is 2.34. The lowest BCUT2D eigenvalue weighted by Gasteiger charge is -2.24. The van der Waals surface area contributed by atoms with Gasteiger partial charge in [-0.3, -0.25) is 0 Å². The van der Waals surface area contributed by atoms with Gasteiger partial charge in [0, 0.05) is 19.0 Å². The van der Waals surface area contributed by atoms with Gasteiger partial charge in [-0.15, -0.1) is 0 Å². The molecule has 2 atom stereocenters. The third kappa shape index (κ3) is 3.88. The number of hydrogen-bond acceptors (Lipinski definition) is 4. The molecule has 2 unspecified atom stereocenters. The third-order valence-corrected chi connectivity index (χ3v) is 3.69. The van der Waals surface area contributed by atoms with Crippen LogP contribution in [0.4, 0.5) is 4.79 Å². The fourth-order valence-electron chi connectivity index (χ4n) is 2.72. The van der Waals surface area contributed by atoms with Crippen LogP contribution in [0.2, 0.25) is 0 Å². The van der Waals surface area contributed by atoms with E-state index in [0.29, 0.717) is 19.6 Å². The van der Waals surface area contributed by atoms with E-state index in [0.717, 1.165) is 5.56 Å². The zero-order valence-corrected chi connectivity index (χ0v) is 12.9. The molecule has 116 valence electrons. The predicted octanol–water partition coefficient (Wildman–Crippen LogP) is 2.30. The van der Waals surface area contributed by atoms with Gasteiger partial charge in [0.2, 0.25) is 0 Å². The Morgan fingerprint density at radius 1 is 1.43 bits per heavy atom. The number of ether oxygens (including phenoxy) is 1. The Labute approximate surface area is 125 Å². The van der Waals surface area contributed by atoms with E-state index in [9.17, 15) is 9.90 Å². The lowest BCUT2D eigenvalue weighted by Crippen LogP contribution is -2.35. The Hall–Kier alpha value is -1.75. The molecule has 1 fully saturated rings. The number of rotatable bonds is 2. The molecule has 1 aromatic rings. The summed E-state index contributed by atoms with van der Waals surface area (Å²) in [6.07, 6.45) is -0.302. The second kappa shape index (κ2) is 5.93. The number of aromatic hydroxyl groups is 1. The van der Waals surface area contributed by atoms with E-state index in [1.807, 2.05) is 32.9 Å². The smallest absolute Gasteiger partial charge is 0.410 e. The zero-order valence-electron chi connectivity index (χ0n) is 12.9. The summed E-state index contributed by atoms with van der Waals surface area (Å²) in [5.74, 6) is 0.549. The summed E-state index contributed by atoms with van der Waals surface area (Å²) in [5.41, 5.74) is 6.36. The van der Waals surface area contributed by atoms with Gasteiger partial charge in [0.15, 0.2) is 0 Å². The molecule has 5 heteroatoms. The number of nitrogens with two attached hydrogens (primary N) is 1. The number of amides is 1. The second-order valence-corrected chi connectivity index (χ2v) is 6.58. The van der Waals surface area contributed by atoms with Crippen molar-refractivity contribution >= 4 is 6.09 Å². The molecule has 1 aromatic carbocycles. The summed E-state index contributed by atoms with van der Waals surface area (Å²) in [5, 5.41) is 9.62. The molecule has 21 heavy (non-hydrogen) atoms. The van der Waals surface area contributed by atoms with Gasteiger partial charge < -0.3 is 20.5 Å². The fraction of sp³-hybridized carbons (Fsp3) is 0.562. The lowest BCUT2D eigenvalue weighted by molar-refractivity contribution is 0.0287. The lowest BCUT2D eigenvalue weighted by atomic mass is 9.89. The average molecular weight is 292 g/mol. The maximum Gasteiger partial charge on any atom is 0.410 e. The Morgan fingerprint density at radius 2 is 2.14 bits per heavy atom. The molecule has 1 saturated heterocycles. The molecule has 0 spiro atoms. The van der Waals surface area contributed by atoms with Crippen LogP contribution in [0.25, 0.3) is 0 Å². The summed E-state index contributed by atoms with van der Waals surface area (Å²) in [6, 6.07) is 7.16. The van der Waals surface area contributed by atoms with E-state index in [1.54, 1.807) is 17.0 Å². The quantitative estimate of drug-likeness (QED) is 0.877. The van der Waals surface area contributed by atoms with Crippen LogP contribution in [0.15, 0.2) is 24.3 Å². The van der Waals surface area contributed by atoms with E-state index in [1.165, 1.54) is 0 Å². The Balaban J connectivity index is 2.12. The summed E-state index contributed by atoms with van der Waals surface area (Å²) >= 11 is 0. The van der Waals surface area contributed by atoms with Crippen molar-refractivity contribution in [3.05, 3.63) is 29.8 Å². The third-order valence-electron chi connectivity index (χ3n) is 3.69. The van der Waals surface area contributed by atoms with E-state index in [4.69, 9.17) is 10.5 Å². The van der Waals surface area contributed by atoms with Gasteiger partial charge in [0.25, 0.3) is 0 Å². The summed E-state index contributed by atoms with van der Waals surface area (Å²) in [6.45, 7) is 7.22. The number of nitrogens with zero attached hydrogens (tertiary/aromatic N) is 1. The Morgan fingerprint density at radius 3 is 2.71 bits per heavy atom. The molecule has 3 N–H and O–H groups in total. The number of carbonyl (C=O) groups is 1. The van der Waals surface area contributed by atoms with E-state index < -0.39 is 5.60 Å². The predicted molar refractivity (Wildman–Crippen MR) is 81.2 cm³/mol. The standard InChI is InChI=1S/C16H24N2O3/c1-16(2,3)21-15(20)18-9-12(8-17)14(10-18)11-5-4-6-13(19)7-11/h4-7,12,14,19H,8-10,17H2,1-3H3. The molecular weight excluding hydrogens is 268 g/mol. The van der Waals surface area contributed by atoms with Crippen LogP contribution in [0.5, 0.6) is 5.75 Å². The molecule has 0 aliphatic carbocycles. The topological polar surface area (TPSA) is 75.8 Å². The van der Waals surface area contributed by atoms with Gasteiger partial charge in [-0.2, -0.15) is 0 Å². The van der Waals surface area contributed by atoms with E-state index >= 15 is 0 Å². The van der Waals surface area contributed by atoms with Crippen LogP contribution in [-0.4, -0.2) is 41.3 Å². The van der Waals surface area contributed by atoms with E-state index in [-0.39, 0.29) is 23.7 Å². The van der Waals surface area contributed by atoms with Gasteiger partial charge in [0.05, 0.1) is 0 Å². The van der Waals surface area contributed by atoms with Crippen molar-refractivity contribution in [3.8, 4) is 5.75 Å². The average Bonchev–Trinajstić information content (AvgIpc) is 2.81. The highest BCUT2D eigenvalue weighted by atomic mass is 16.6. The normalized spacial score (nSPS) is 22.4. The van der Waals surface area contributed by atoms with Gasteiger partial charge in [0.1, 0.15) is 11.4 Å². The van der Waals surface area contributed by atoms with Crippen LogP contribution in [0.3, 0.4) is 0 Å². The highest BCUT2D eigenvalue weighted by molar-refractivity contribution is 5.68. The minimum atomic E-state index is -0.502. The molecule has 1 amide bonds. The van der Waals surface area contributed by atoms with Crippen molar-refractivity contribution in [3.63, 3.8) is 0 Å². The molecule has 0 saturated carbocycles. The second-order valence-electron chi connectivity index (χ2n) is 6.58. The van der Waals surface area contributed by atoms with Crippen LogP contribution in [0, 0.1) is 5.92 Å². The molecule has 5 nitrogen and oxygen atoms in total. The molecule has 1 heterocycles. The van der Waals surface area contributed by atoms with Crippen LogP contribution in [-0.2, 0) is 4.74 Å². The maximum atomic E-state index is 12.2. The molecule has 2 rings (SSSR count). The minimum absolute atomic E-state index is 0.134. The maximum absolute atomic E-state index is 12.2. The van der Waals surface area contributed by atoms with Crippen molar-refractivity contribution < 1.29 is 14.6 Å². The molecule has 1 aliphatic rings. The monoisotopic (exact) mass is 292 g/mol. The fourth-order valence-corrected chi connectivity index (χ4v) is 2.72. The van der Waals surface area contributed by atoms with Crippen molar-refractivity contribution in [2.75, 3.05) is 19.6 Å². The first-order valence-corrected chi connectivity index (χ1v) is 7.27. The van der Waals surface area contributed by atoms with Gasteiger partial charge in [-0.25, -0.2) is 4.79 Å². The number of phenols is 1. The largest absolute Gasteiger partial charge is 0.508 e. The van der Waals surface area contributed by atoms with Crippen LogP contribution < -0.4 is 5.73 Å². The van der Waals surface area contributed by atoms with Gasteiger partial charge in [-0.05, 0) is 50.9 Å². The first kappa shape index (κ1) is 15.6. The summed E-state index contributed by atoms with van der Waals surface area (Å²) in [4.78, 5) is 13.9. The van der Waals surface area contributed by atoms with Crippen LogP contribution >= 0.6 is 0 Å². The number of carbonyl (C=O) groups excluding carboxylic acids is 1. The Bertz CT molecular complexity index is 510. The SMILES string of the molecule is CC(C)(C)OC(=O)N1CC(CN)C(c2cccc(O)c2)C1.